The van der Waals surface area contributed by atoms with E-state index in [1.54, 1.807) is 33.4 Å². The molecular weight excluding hydrogens is 1450 g/mol. The highest BCUT2D eigenvalue weighted by Gasteiger charge is 2.47. The maximum absolute atomic E-state index is 4.08. The lowest BCUT2D eigenvalue weighted by atomic mass is 9.70. The first kappa shape index (κ1) is 84.2. The summed E-state index contributed by atoms with van der Waals surface area (Å²) in [7, 11) is 0. The first-order valence-electron chi connectivity index (χ1n) is 45.1. The molecule has 0 bridgehead atoms. The van der Waals surface area contributed by atoms with E-state index in [1.165, 1.54) is 367 Å². The molecule has 0 aliphatic heterocycles. The first-order valence-corrected chi connectivity index (χ1v) is 46.7. The van der Waals surface area contributed by atoms with Crippen LogP contribution in [-0.4, -0.2) is 0 Å². The van der Waals surface area contributed by atoms with Gasteiger partial charge in [-0.3, -0.25) is 0 Å². The standard InChI is InChI=1S/C105H142Br2N2/c1-13-19-25-31-37-43-61-103(62-44-38-32-26-20-14-2)95-71-83(106)49-55-89(95)91-57-51-85(73-97(91)103)108(101-79(9)67-77(7)68-80(101)10)87-53-59-93-94-60-54-88(76-100(94)105(99(93)75-87,65-47-41-35-29-23-17-5)66-48-42-36-30-24-18-6)109(102-81(11)69-78(8)70-82(102)12)86-52-58-92-90-56-50-84(107)72-96(90)104(98(92)74-86,63-45-39-33-27-21-15-3)64-46-40-34-28-22-16-4/h49-60,67-76H,13-48,61-66H2,1-12H3. The topological polar surface area (TPSA) is 6.48 Å². The number of hydrogen-bond donors (Lipinski definition) is 0. The van der Waals surface area contributed by atoms with E-state index >= 15 is 0 Å². The number of halogens is 2. The van der Waals surface area contributed by atoms with E-state index in [9.17, 15) is 0 Å². The monoisotopic (exact) mass is 1590 g/mol. The van der Waals surface area contributed by atoms with Crippen molar-refractivity contribution in [1.82, 2.24) is 0 Å². The van der Waals surface area contributed by atoms with Crippen LogP contribution >= 0.6 is 31.9 Å². The molecule has 8 aromatic carbocycles. The van der Waals surface area contributed by atoms with Gasteiger partial charge in [0.15, 0.2) is 0 Å². The van der Waals surface area contributed by atoms with E-state index in [2.05, 4.69) is 258 Å². The predicted molar refractivity (Wildman–Crippen MR) is 486 cm³/mol. The minimum Gasteiger partial charge on any atom is -0.310 e. The molecule has 8 aromatic rings. The predicted octanol–water partition coefficient (Wildman–Crippen LogP) is 35.3. The molecule has 11 rings (SSSR count). The fourth-order valence-corrected chi connectivity index (χ4v) is 21.8. The maximum atomic E-state index is 4.08. The molecule has 0 aromatic heterocycles. The third-order valence-corrected chi connectivity index (χ3v) is 27.4. The number of benzene rings is 8. The third kappa shape index (κ3) is 19.4. The van der Waals surface area contributed by atoms with Crippen molar-refractivity contribution < 1.29 is 0 Å². The Morgan fingerprint density at radius 1 is 0.220 bits per heavy atom. The van der Waals surface area contributed by atoms with Gasteiger partial charge < -0.3 is 9.80 Å². The molecule has 0 spiro atoms. The lowest BCUT2D eigenvalue weighted by Gasteiger charge is -2.37. The van der Waals surface area contributed by atoms with Crippen molar-refractivity contribution in [3.8, 4) is 33.4 Å². The molecule has 109 heavy (non-hydrogen) atoms. The Labute approximate surface area is 682 Å². The van der Waals surface area contributed by atoms with Crippen LogP contribution in [0.1, 0.15) is 378 Å². The van der Waals surface area contributed by atoms with Gasteiger partial charge in [-0.2, -0.15) is 0 Å². The average Bonchev–Trinajstić information content (AvgIpc) is 1.57. The molecule has 0 saturated heterocycles. The molecule has 0 atom stereocenters. The van der Waals surface area contributed by atoms with Gasteiger partial charge in [0, 0.05) is 47.9 Å². The lowest BCUT2D eigenvalue weighted by molar-refractivity contribution is 0.397. The molecule has 4 heteroatoms. The highest BCUT2D eigenvalue weighted by Crippen LogP contribution is 2.61. The van der Waals surface area contributed by atoms with E-state index in [4.69, 9.17) is 0 Å². The Hall–Kier alpha value is -5.68. The van der Waals surface area contributed by atoms with Gasteiger partial charge in [0.1, 0.15) is 0 Å². The van der Waals surface area contributed by atoms with Crippen molar-refractivity contribution in [2.24, 2.45) is 0 Å². The molecule has 3 aliphatic carbocycles. The number of fused-ring (bicyclic) bond motifs is 9. The van der Waals surface area contributed by atoms with E-state index in [0.717, 1.165) is 12.8 Å². The minimum absolute atomic E-state index is 0.0698. The van der Waals surface area contributed by atoms with Crippen LogP contribution < -0.4 is 9.80 Å². The largest absolute Gasteiger partial charge is 0.310 e. The first-order chi connectivity index (χ1) is 53.1. The van der Waals surface area contributed by atoms with E-state index in [0.29, 0.717) is 0 Å². The molecule has 2 nitrogen and oxygen atoms in total. The average molecular weight is 1590 g/mol. The van der Waals surface area contributed by atoms with E-state index in [-0.39, 0.29) is 16.2 Å². The summed E-state index contributed by atoms with van der Waals surface area (Å²) in [5.41, 5.74) is 33.4. The molecule has 0 saturated carbocycles. The van der Waals surface area contributed by atoms with Gasteiger partial charge in [0.25, 0.3) is 0 Å². The zero-order valence-electron chi connectivity index (χ0n) is 70.6. The van der Waals surface area contributed by atoms with Crippen LogP contribution in [0.5, 0.6) is 0 Å². The quantitative estimate of drug-likeness (QED) is 0.0351. The number of hydrogen-bond acceptors (Lipinski definition) is 2. The molecule has 0 heterocycles. The Bertz CT molecular complexity index is 3890. The maximum Gasteiger partial charge on any atom is 0.0520 e. The van der Waals surface area contributed by atoms with Crippen LogP contribution in [-0.2, 0) is 16.2 Å². The molecule has 3 aliphatic rings. The summed E-state index contributed by atoms with van der Waals surface area (Å²) in [4.78, 5) is 5.51. The Morgan fingerprint density at radius 3 is 0.615 bits per heavy atom. The summed E-state index contributed by atoms with van der Waals surface area (Å²) < 4.78 is 2.41. The van der Waals surface area contributed by atoms with Crippen molar-refractivity contribution in [2.45, 2.75) is 369 Å². The SMILES string of the molecule is CCCCCCCCC1(CCCCCCCC)c2cc(Br)ccc2-c2ccc(N(c3ccc4c(c3)C(CCCCCCCC)(CCCCCCCC)c3cc(N(c5ccc6c(c5)C(CCCCCCCC)(CCCCCCCC)c5cc(Br)ccc5-6)c5c(C)cc(C)cc5C)ccc3-4)c3c(C)cc(C)cc3C)cc21. The van der Waals surface area contributed by atoms with Gasteiger partial charge in [-0.15, -0.1) is 0 Å². The number of nitrogens with zero attached hydrogens (tertiary/aromatic N) is 2. The van der Waals surface area contributed by atoms with Crippen LogP contribution in [0.4, 0.5) is 34.1 Å². The fourth-order valence-electron chi connectivity index (χ4n) is 21.0. The number of rotatable bonds is 48. The second kappa shape index (κ2) is 40.9. The number of unbranched alkanes of at least 4 members (excludes halogenated alkanes) is 30. The van der Waals surface area contributed by atoms with Crippen molar-refractivity contribution in [3.63, 3.8) is 0 Å². The van der Waals surface area contributed by atoms with E-state index < -0.39 is 0 Å². The molecule has 0 unspecified atom stereocenters. The highest BCUT2D eigenvalue weighted by atomic mass is 79.9. The molecule has 0 radical (unpaired) electrons. The third-order valence-electron chi connectivity index (χ3n) is 26.4. The summed E-state index contributed by atoms with van der Waals surface area (Å²) >= 11 is 8.16. The normalized spacial score (nSPS) is 13.9. The van der Waals surface area contributed by atoms with Crippen molar-refractivity contribution >= 4 is 66.0 Å². The van der Waals surface area contributed by atoms with Gasteiger partial charge in [-0.1, -0.05) is 376 Å². The second-order valence-corrected chi connectivity index (χ2v) is 36.6. The fraction of sp³-hybridized carbons (Fsp3) is 0.543. The van der Waals surface area contributed by atoms with Crippen LogP contribution in [0.15, 0.2) is 142 Å². The molecule has 0 fully saturated rings. The number of aryl methyl sites for hydroxylation is 6. The van der Waals surface area contributed by atoms with Gasteiger partial charge >= 0.3 is 0 Å². The minimum atomic E-state index is -0.203. The summed E-state index contributed by atoms with van der Waals surface area (Å²) in [5, 5.41) is 0. The van der Waals surface area contributed by atoms with Crippen LogP contribution in [0.25, 0.3) is 33.4 Å². The van der Waals surface area contributed by atoms with Crippen molar-refractivity contribution in [1.29, 1.82) is 0 Å². The van der Waals surface area contributed by atoms with Crippen LogP contribution in [0.3, 0.4) is 0 Å². The van der Waals surface area contributed by atoms with Crippen molar-refractivity contribution in [2.75, 3.05) is 9.80 Å². The van der Waals surface area contributed by atoms with Gasteiger partial charge in [0.05, 0.1) is 11.4 Å². The van der Waals surface area contributed by atoms with Gasteiger partial charge in [0.2, 0.25) is 0 Å². The molecule has 0 amide bonds. The Balaban J connectivity index is 1.11. The second-order valence-electron chi connectivity index (χ2n) is 34.8. The summed E-state index contributed by atoms with van der Waals surface area (Å²) in [6, 6.07) is 56.0. The van der Waals surface area contributed by atoms with Gasteiger partial charge in [-0.05, 0) is 242 Å². The number of anilines is 6. The van der Waals surface area contributed by atoms with Crippen molar-refractivity contribution in [3.05, 3.63) is 209 Å². The summed E-state index contributed by atoms with van der Waals surface area (Å²) in [5.74, 6) is 0. The molecule has 586 valence electrons. The van der Waals surface area contributed by atoms with Crippen LogP contribution in [0, 0.1) is 41.5 Å². The Kier molecular flexibility index (Phi) is 31.6. The summed E-state index contributed by atoms with van der Waals surface area (Å²) in [6.07, 6.45) is 53.8. The summed E-state index contributed by atoms with van der Waals surface area (Å²) in [6.45, 7) is 28.3. The zero-order valence-corrected chi connectivity index (χ0v) is 73.7. The molecular formula is C105H142Br2N2. The Morgan fingerprint density at radius 2 is 0.404 bits per heavy atom. The zero-order chi connectivity index (χ0) is 76.9. The molecule has 0 N–H and O–H groups in total. The smallest absolute Gasteiger partial charge is 0.0520 e. The van der Waals surface area contributed by atoms with E-state index in [1.807, 2.05) is 0 Å². The van der Waals surface area contributed by atoms with Crippen LogP contribution in [0.2, 0.25) is 0 Å². The lowest BCUT2D eigenvalue weighted by Crippen LogP contribution is -2.27. The highest BCUT2D eigenvalue weighted by molar-refractivity contribution is 9.10. The van der Waals surface area contributed by atoms with Gasteiger partial charge in [-0.25, -0.2) is 0 Å².